The van der Waals surface area contributed by atoms with E-state index in [0.717, 1.165) is 89.9 Å². The van der Waals surface area contributed by atoms with Crippen LogP contribution in [0, 0.1) is 0 Å². The van der Waals surface area contributed by atoms with Gasteiger partial charge in [-0.05, 0) is 83.5 Å². The first kappa shape index (κ1) is 78.1. The summed E-state index contributed by atoms with van der Waals surface area (Å²) in [5, 5.41) is 0. The van der Waals surface area contributed by atoms with E-state index in [9.17, 15) is 14.4 Å². The first-order valence-corrected chi connectivity index (χ1v) is 35.8. The first-order chi connectivity index (χ1) is 40.0. The highest BCUT2D eigenvalue weighted by Gasteiger charge is 2.19. The van der Waals surface area contributed by atoms with Gasteiger partial charge in [-0.2, -0.15) is 0 Å². The largest absolute Gasteiger partial charge is 0.462 e. The van der Waals surface area contributed by atoms with Crippen molar-refractivity contribution in [2.75, 3.05) is 13.2 Å². The van der Waals surface area contributed by atoms with Crippen molar-refractivity contribution in [3.05, 3.63) is 60.8 Å². The molecule has 0 spiro atoms. The van der Waals surface area contributed by atoms with E-state index in [4.69, 9.17) is 14.2 Å². The molecule has 0 aromatic carbocycles. The van der Waals surface area contributed by atoms with Crippen molar-refractivity contribution in [2.24, 2.45) is 0 Å². The van der Waals surface area contributed by atoms with Gasteiger partial charge < -0.3 is 14.2 Å². The number of hydrogen-bond donors (Lipinski definition) is 0. The minimum atomic E-state index is -0.776. The zero-order chi connectivity index (χ0) is 58.5. The Balaban J connectivity index is 4.05. The molecule has 0 N–H and O–H groups in total. The predicted molar refractivity (Wildman–Crippen MR) is 353 cm³/mol. The Bertz CT molecular complexity index is 1440. The Morgan fingerprint density at radius 2 is 0.481 bits per heavy atom. The highest BCUT2D eigenvalue weighted by molar-refractivity contribution is 5.71. The number of rotatable bonds is 66. The molecule has 6 nitrogen and oxygen atoms in total. The second-order valence-electron chi connectivity index (χ2n) is 24.1. The van der Waals surface area contributed by atoms with Crippen molar-refractivity contribution in [3.8, 4) is 0 Å². The van der Waals surface area contributed by atoms with Gasteiger partial charge >= 0.3 is 17.9 Å². The van der Waals surface area contributed by atoms with Crippen molar-refractivity contribution in [1.82, 2.24) is 0 Å². The maximum Gasteiger partial charge on any atom is 0.306 e. The molecule has 0 bridgehead atoms. The molecule has 472 valence electrons. The molecule has 6 heteroatoms. The molecule has 0 radical (unpaired) electrons. The number of carbonyl (C=O) groups is 3. The van der Waals surface area contributed by atoms with Gasteiger partial charge in [-0.25, -0.2) is 0 Å². The van der Waals surface area contributed by atoms with Crippen LogP contribution in [0.1, 0.15) is 380 Å². The third-order valence-corrected chi connectivity index (χ3v) is 16.0. The monoisotopic (exact) mass is 1130 g/mol. The fraction of sp³-hybridized carbons (Fsp3) is 0.827. The third kappa shape index (κ3) is 67.8. The summed E-state index contributed by atoms with van der Waals surface area (Å²) in [4.78, 5) is 38.3. The number of carbonyl (C=O) groups excluding carboxylic acids is 3. The van der Waals surface area contributed by atoms with Crippen molar-refractivity contribution in [3.63, 3.8) is 0 Å². The molecule has 81 heavy (non-hydrogen) atoms. The van der Waals surface area contributed by atoms with Crippen molar-refractivity contribution in [1.29, 1.82) is 0 Å². The molecule has 0 aromatic rings. The highest BCUT2D eigenvalue weighted by atomic mass is 16.6. The molecule has 0 aliphatic carbocycles. The van der Waals surface area contributed by atoms with Crippen LogP contribution >= 0.6 is 0 Å². The molecule has 0 aliphatic heterocycles. The van der Waals surface area contributed by atoms with Crippen LogP contribution in [0.2, 0.25) is 0 Å². The molecule has 1 atom stereocenters. The van der Waals surface area contributed by atoms with E-state index in [1.807, 2.05) is 0 Å². The fourth-order valence-electron chi connectivity index (χ4n) is 10.7. The normalized spacial score (nSPS) is 12.4. The summed E-state index contributed by atoms with van der Waals surface area (Å²) >= 11 is 0. The van der Waals surface area contributed by atoms with Gasteiger partial charge in [0.05, 0.1) is 0 Å². The molecule has 0 fully saturated rings. The lowest BCUT2D eigenvalue weighted by Gasteiger charge is -2.18. The predicted octanol–water partition coefficient (Wildman–Crippen LogP) is 24.7. The minimum absolute atomic E-state index is 0.0730. The quantitative estimate of drug-likeness (QED) is 0.0261. The molecule has 0 heterocycles. The zero-order valence-electron chi connectivity index (χ0n) is 54.3. The van der Waals surface area contributed by atoms with Crippen LogP contribution in [0.3, 0.4) is 0 Å². The molecule has 0 aromatic heterocycles. The molecule has 0 rings (SSSR count). The Hall–Kier alpha value is -2.89. The Morgan fingerprint density at radius 1 is 0.259 bits per heavy atom. The number of allylic oxidation sites excluding steroid dienone is 10. The summed E-state index contributed by atoms with van der Waals surface area (Å²) in [6.45, 7) is 6.56. The van der Waals surface area contributed by atoms with E-state index in [1.54, 1.807) is 0 Å². The Morgan fingerprint density at radius 3 is 0.753 bits per heavy atom. The molecule has 0 saturated carbocycles. The standard InChI is InChI=1S/C75H136O6/c1-4-7-10-13-16-19-22-24-26-28-29-30-31-32-33-34-35-36-37-38-39-40-41-42-43-44-45-47-48-50-53-56-59-62-65-68-74(77)80-71-72(70-79-73(76)67-64-61-58-55-52-21-18-15-12-9-6-3)81-75(78)69-66-63-60-57-54-51-49-46-27-25-23-20-17-14-11-8-5-2/h8,11,17,20,22,24-25,27-29,72H,4-7,9-10,12-16,18-19,21,23,26,30-71H2,1-3H3/b11-8-,20-17-,24-22-,27-25-,29-28-. The lowest BCUT2D eigenvalue weighted by molar-refractivity contribution is -0.167. The molecule has 0 amide bonds. The highest BCUT2D eigenvalue weighted by Crippen LogP contribution is 2.18. The maximum absolute atomic E-state index is 12.9. The van der Waals surface area contributed by atoms with Crippen LogP contribution < -0.4 is 0 Å². The minimum Gasteiger partial charge on any atom is -0.462 e. The zero-order valence-corrected chi connectivity index (χ0v) is 54.3. The van der Waals surface area contributed by atoms with Gasteiger partial charge in [0.15, 0.2) is 6.10 Å². The number of unbranched alkanes of at least 4 members (excludes halogenated alkanes) is 45. The summed E-state index contributed by atoms with van der Waals surface area (Å²) in [7, 11) is 0. The van der Waals surface area contributed by atoms with Crippen molar-refractivity contribution < 1.29 is 28.6 Å². The van der Waals surface area contributed by atoms with Crippen molar-refractivity contribution >= 4 is 17.9 Å². The first-order valence-electron chi connectivity index (χ1n) is 35.8. The lowest BCUT2D eigenvalue weighted by Crippen LogP contribution is -2.30. The SMILES string of the molecule is CC/C=C\C/C=C\C/C=C\CCCCCCCCCC(=O)OC(COC(=O)CCCCCCCCCCCCC)COC(=O)CCCCCCCCCCCCCCCCCCCCCCCCC/C=C\C/C=C\CCCCCCC. The summed E-state index contributed by atoms with van der Waals surface area (Å²) in [5.74, 6) is -0.861. The number of ether oxygens (including phenoxy) is 3. The average Bonchev–Trinajstić information content (AvgIpc) is 3.47. The molecule has 0 saturated heterocycles. The second kappa shape index (κ2) is 69.6. The van der Waals surface area contributed by atoms with Gasteiger partial charge in [-0.1, -0.05) is 338 Å². The van der Waals surface area contributed by atoms with Crippen LogP contribution in [0.4, 0.5) is 0 Å². The van der Waals surface area contributed by atoms with Gasteiger partial charge in [-0.3, -0.25) is 14.4 Å². The van der Waals surface area contributed by atoms with Crippen molar-refractivity contribution in [2.45, 2.75) is 386 Å². The van der Waals surface area contributed by atoms with Crippen LogP contribution in [-0.2, 0) is 28.6 Å². The van der Waals surface area contributed by atoms with Crippen LogP contribution in [0.25, 0.3) is 0 Å². The van der Waals surface area contributed by atoms with Crippen LogP contribution in [-0.4, -0.2) is 37.2 Å². The van der Waals surface area contributed by atoms with Gasteiger partial charge in [0, 0.05) is 19.3 Å². The summed E-state index contributed by atoms with van der Waals surface area (Å²) < 4.78 is 16.9. The third-order valence-electron chi connectivity index (χ3n) is 16.0. The van der Waals surface area contributed by atoms with E-state index < -0.39 is 6.10 Å². The van der Waals surface area contributed by atoms with Crippen LogP contribution in [0.5, 0.6) is 0 Å². The van der Waals surface area contributed by atoms with Gasteiger partial charge in [0.2, 0.25) is 0 Å². The number of esters is 3. The Kier molecular flexibility index (Phi) is 67.1. The molecular formula is C75H136O6. The average molecular weight is 1130 g/mol. The second-order valence-corrected chi connectivity index (χ2v) is 24.1. The summed E-state index contributed by atoms with van der Waals surface area (Å²) in [6.07, 6.45) is 89.9. The van der Waals surface area contributed by atoms with Gasteiger partial charge in [0.25, 0.3) is 0 Å². The lowest BCUT2D eigenvalue weighted by atomic mass is 10.0. The smallest absolute Gasteiger partial charge is 0.306 e. The summed E-state index contributed by atoms with van der Waals surface area (Å²) in [6, 6.07) is 0. The maximum atomic E-state index is 12.9. The Labute approximate surface area is 504 Å². The van der Waals surface area contributed by atoms with E-state index in [2.05, 4.69) is 81.5 Å². The van der Waals surface area contributed by atoms with Gasteiger partial charge in [0.1, 0.15) is 13.2 Å². The molecule has 1 unspecified atom stereocenters. The molecular weight excluding hydrogens is 997 g/mol. The van der Waals surface area contributed by atoms with E-state index in [1.165, 1.54) is 250 Å². The van der Waals surface area contributed by atoms with Gasteiger partial charge in [-0.15, -0.1) is 0 Å². The molecule has 0 aliphatic rings. The topological polar surface area (TPSA) is 78.9 Å². The number of hydrogen-bond acceptors (Lipinski definition) is 6. The summed E-state index contributed by atoms with van der Waals surface area (Å²) in [5.41, 5.74) is 0. The van der Waals surface area contributed by atoms with E-state index in [-0.39, 0.29) is 31.1 Å². The van der Waals surface area contributed by atoms with E-state index in [0.29, 0.717) is 19.3 Å². The van der Waals surface area contributed by atoms with Crippen LogP contribution in [0.15, 0.2) is 60.8 Å². The fourth-order valence-corrected chi connectivity index (χ4v) is 10.7. The van der Waals surface area contributed by atoms with E-state index >= 15 is 0 Å².